The van der Waals surface area contributed by atoms with Gasteiger partial charge in [0.2, 0.25) is 0 Å². The number of rotatable bonds is 8. The van der Waals surface area contributed by atoms with Gasteiger partial charge in [-0.3, -0.25) is 0 Å². The molecule has 0 unspecified atom stereocenters. The van der Waals surface area contributed by atoms with Crippen molar-refractivity contribution in [2.24, 2.45) is 0 Å². The van der Waals surface area contributed by atoms with Gasteiger partial charge in [-0.1, -0.05) is 72.2 Å². The lowest BCUT2D eigenvalue weighted by Gasteiger charge is -2.11. The molecular formula is C42H34O8. The molecule has 5 rings (SSSR count). The molecule has 0 radical (unpaired) electrons. The zero-order chi connectivity index (χ0) is 35.6. The number of carbonyl (C=O) groups is 4. The highest BCUT2D eigenvalue weighted by molar-refractivity contribution is 6.10. The van der Waals surface area contributed by atoms with Crippen molar-refractivity contribution < 1.29 is 38.1 Å². The summed E-state index contributed by atoms with van der Waals surface area (Å²) in [4.78, 5) is 50.5. The summed E-state index contributed by atoms with van der Waals surface area (Å²) >= 11 is 0. The lowest BCUT2D eigenvalue weighted by atomic mass is 9.91. The molecule has 250 valence electrons. The van der Waals surface area contributed by atoms with E-state index in [1.807, 2.05) is 48.5 Å². The van der Waals surface area contributed by atoms with E-state index < -0.39 is 23.9 Å². The van der Waals surface area contributed by atoms with Gasteiger partial charge in [-0.05, 0) is 85.6 Å². The minimum atomic E-state index is -0.567. The summed E-state index contributed by atoms with van der Waals surface area (Å²) in [5.41, 5.74) is 3.12. The first-order valence-corrected chi connectivity index (χ1v) is 16.2. The van der Waals surface area contributed by atoms with Crippen LogP contribution in [-0.2, 0) is 18.9 Å². The van der Waals surface area contributed by atoms with Crippen LogP contribution in [0.5, 0.6) is 0 Å². The minimum absolute atomic E-state index is 0.181. The summed E-state index contributed by atoms with van der Waals surface area (Å²) in [5, 5.41) is 3.34. The first-order valence-electron chi connectivity index (χ1n) is 16.2. The van der Waals surface area contributed by atoms with E-state index >= 15 is 0 Å². The van der Waals surface area contributed by atoms with Crippen LogP contribution in [0.15, 0.2) is 84.9 Å². The third-order valence-corrected chi connectivity index (χ3v) is 7.51. The fourth-order valence-electron chi connectivity index (χ4n) is 5.40. The van der Waals surface area contributed by atoms with E-state index in [4.69, 9.17) is 18.9 Å². The Morgan fingerprint density at radius 1 is 0.420 bits per heavy atom. The molecule has 0 aliphatic rings. The van der Waals surface area contributed by atoms with Gasteiger partial charge in [-0.2, -0.15) is 0 Å². The second-order valence-corrected chi connectivity index (χ2v) is 10.8. The first kappa shape index (κ1) is 34.9. The maximum absolute atomic E-state index is 12.6. The van der Waals surface area contributed by atoms with Crippen molar-refractivity contribution in [2.75, 3.05) is 26.4 Å². The first-order chi connectivity index (χ1) is 24.3. The largest absolute Gasteiger partial charge is 0.462 e. The summed E-state index contributed by atoms with van der Waals surface area (Å²) in [7, 11) is 0. The van der Waals surface area contributed by atoms with Crippen LogP contribution in [0.4, 0.5) is 0 Å². The highest BCUT2D eigenvalue weighted by atomic mass is 16.5. The third-order valence-electron chi connectivity index (χ3n) is 7.51. The average molecular weight is 667 g/mol. The maximum Gasteiger partial charge on any atom is 0.338 e. The van der Waals surface area contributed by atoms with Crippen molar-refractivity contribution >= 4 is 45.4 Å². The topological polar surface area (TPSA) is 105 Å². The summed E-state index contributed by atoms with van der Waals surface area (Å²) in [6.45, 7) is 7.55. The van der Waals surface area contributed by atoms with Crippen LogP contribution >= 0.6 is 0 Å². The van der Waals surface area contributed by atoms with Gasteiger partial charge >= 0.3 is 23.9 Å². The van der Waals surface area contributed by atoms with E-state index in [0.717, 1.165) is 32.7 Å². The molecular weight excluding hydrogens is 632 g/mol. The van der Waals surface area contributed by atoms with Gasteiger partial charge in [0.15, 0.2) is 0 Å². The fourth-order valence-corrected chi connectivity index (χ4v) is 5.40. The van der Waals surface area contributed by atoms with Gasteiger partial charge in [0.1, 0.15) is 0 Å². The van der Waals surface area contributed by atoms with Crippen molar-refractivity contribution in [3.05, 3.63) is 129 Å². The number of ether oxygens (including phenoxy) is 4. The SMILES string of the molecule is CCOC(=O)c1cc(C#Cc2c3ccccc3c(C#Cc3cc(C(=O)OCC)cc(C(=O)OCC)c3)c3ccccc23)cc(C(=O)OCC)c1. The Balaban J connectivity index is 1.68. The van der Waals surface area contributed by atoms with Gasteiger partial charge < -0.3 is 18.9 Å². The molecule has 0 aliphatic carbocycles. The molecule has 8 heteroatoms. The highest BCUT2D eigenvalue weighted by Crippen LogP contribution is 2.32. The Morgan fingerprint density at radius 2 is 0.680 bits per heavy atom. The van der Waals surface area contributed by atoms with E-state index in [2.05, 4.69) is 23.7 Å². The van der Waals surface area contributed by atoms with Crippen LogP contribution in [0, 0.1) is 23.7 Å². The molecule has 0 spiro atoms. The standard InChI is InChI=1S/C42H34O8/c1-5-47-39(43)29-21-27(22-30(25-29)40(44)48-6-2)17-19-37-33-13-9-11-15-35(33)38(36-16-12-10-14-34(36)37)20-18-28-23-31(41(45)49-7-3)26-32(24-28)42(46)50-8-4/h9-16,21-26H,5-8H2,1-4H3. The molecule has 0 amide bonds. The summed E-state index contributed by atoms with van der Waals surface area (Å²) in [6, 6.07) is 24.7. The predicted molar refractivity (Wildman–Crippen MR) is 190 cm³/mol. The van der Waals surface area contributed by atoms with E-state index in [0.29, 0.717) is 11.1 Å². The molecule has 50 heavy (non-hydrogen) atoms. The number of benzene rings is 5. The van der Waals surface area contributed by atoms with Crippen LogP contribution in [-0.4, -0.2) is 50.3 Å². The van der Waals surface area contributed by atoms with E-state index in [1.54, 1.807) is 52.0 Å². The van der Waals surface area contributed by atoms with Crippen molar-refractivity contribution in [1.29, 1.82) is 0 Å². The van der Waals surface area contributed by atoms with Crippen LogP contribution < -0.4 is 0 Å². The van der Waals surface area contributed by atoms with Gasteiger partial charge in [0.05, 0.1) is 48.7 Å². The number of hydrogen-bond acceptors (Lipinski definition) is 8. The number of hydrogen-bond donors (Lipinski definition) is 0. The summed E-state index contributed by atoms with van der Waals surface area (Å²) in [5.74, 6) is 10.7. The molecule has 0 heterocycles. The van der Waals surface area contributed by atoms with Gasteiger partial charge in [0, 0.05) is 22.3 Å². The molecule has 5 aromatic carbocycles. The highest BCUT2D eigenvalue weighted by Gasteiger charge is 2.17. The van der Waals surface area contributed by atoms with Crippen LogP contribution in [0.1, 0.15) is 91.4 Å². The Kier molecular flexibility index (Phi) is 11.3. The van der Waals surface area contributed by atoms with E-state index in [-0.39, 0.29) is 48.7 Å². The minimum Gasteiger partial charge on any atom is -0.462 e. The molecule has 0 aromatic heterocycles. The zero-order valence-electron chi connectivity index (χ0n) is 28.2. The van der Waals surface area contributed by atoms with Gasteiger partial charge in [-0.25, -0.2) is 19.2 Å². The number of fused-ring (bicyclic) bond motifs is 2. The third kappa shape index (κ3) is 7.84. The smallest absolute Gasteiger partial charge is 0.338 e. The van der Waals surface area contributed by atoms with Crippen LogP contribution in [0.2, 0.25) is 0 Å². The Morgan fingerprint density at radius 3 is 0.920 bits per heavy atom. The van der Waals surface area contributed by atoms with Crippen molar-refractivity contribution in [1.82, 2.24) is 0 Å². The molecule has 0 aliphatic heterocycles. The van der Waals surface area contributed by atoms with Crippen LogP contribution in [0.3, 0.4) is 0 Å². The quantitative estimate of drug-likeness (QED) is 0.0726. The maximum atomic E-state index is 12.6. The van der Waals surface area contributed by atoms with Gasteiger partial charge in [0.25, 0.3) is 0 Å². The second kappa shape index (κ2) is 16.1. The van der Waals surface area contributed by atoms with Crippen molar-refractivity contribution in [2.45, 2.75) is 27.7 Å². The molecule has 0 N–H and O–H groups in total. The Bertz CT molecular complexity index is 1970. The Hall–Kier alpha value is -6.38. The van der Waals surface area contributed by atoms with E-state index in [1.165, 1.54) is 12.1 Å². The molecule has 0 bridgehead atoms. The fraction of sp³-hybridized carbons (Fsp3) is 0.190. The molecule has 0 saturated carbocycles. The normalized spacial score (nSPS) is 10.3. The molecule has 0 fully saturated rings. The second-order valence-electron chi connectivity index (χ2n) is 10.8. The monoisotopic (exact) mass is 666 g/mol. The average Bonchev–Trinajstić information content (AvgIpc) is 3.13. The molecule has 8 nitrogen and oxygen atoms in total. The summed E-state index contributed by atoms with van der Waals surface area (Å²) in [6.07, 6.45) is 0. The van der Waals surface area contributed by atoms with Crippen molar-refractivity contribution in [3.8, 4) is 23.7 Å². The molecule has 0 saturated heterocycles. The van der Waals surface area contributed by atoms with Crippen LogP contribution in [0.25, 0.3) is 21.5 Å². The zero-order valence-corrected chi connectivity index (χ0v) is 28.2. The Labute approximate surface area is 290 Å². The summed E-state index contributed by atoms with van der Waals surface area (Å²) < 4.78 is 20.7. The molecule has 5 aromatic rings. The predicted octanol–water partition coefficient (Wildman–Crippen LogP) is 7.50. The number of carbonyl (C=O) groups excluding carboxylic acids is 4. The van der Waals surface area contributed by atoms with Gasteiger partial charge in [-0.15, -0.1) is 0 Å². The van der Waals surface area contributed by atoms with E-state index in [9.17, 15) is 19.2 Å². The number of esters is 4. The molecule has 0 atom stereocenters. The van der Waals surface area contributed by atoms with Crippen molar-refractivity contribution in [3.63, 3.8) is 0 Å². The lowest BCUT2D eigenvalue weighted by molar-refractivity contribution is 0.0506. The lowest BCUT2D eigenvalue weighted by Crippen LogP contribution is -2.10.